The van der Waals surface area contributed by atoms with Gasteiger partial charge in [-0.25, -0.2) is 13.2 Å². The van der Waals surface area contributed by atoms with Crippen LogP contribution in [-0.4, -0.2) is 24.9 Å². The highest BCUT2D eigenvalue weighted by Gasteiger charge is 2.37. The fraction of sp³-hybridized carbons (Fsp3) is 0.133. The van der Waals surface area contributed by atoms with Crippen LogP contribution in [0.15, 0.2) is 56.3 Å². The minimum Gasteiger partial charge on any atom is -0.478 e. The summed E-state index contributed by atoms with van der Waals surface area (Å²) < 4.78 is 31.6. The lowest BCUT2D eigenvalue weighted by Crippen LogP contribution is -2.36. The lowest BCUT2D eigenvalue weighted by Gasteiger charge is -2.17. The predicted molar refractivity (Wildman–Crippen MR) is 92.3 cm³/mol. The maximum absolute atomic E-state index is 12.6. The van der Waals surface area contributed by atoms with Crippen molar-refractivity contribution in [2.45, 2.75) is 17.3 Å². The van der Waals surface area contributed by atoms with Gasteiger partial charge in [-0.2, -0.15) is 0 Å². The molecule has 0 amide bonds. The van der Waals surface area contributed by atoms with Crippen LogP contribution < -0.4 is 4.74 Å². The number of aliphatic carboxylic acids is 1. The molecule has 122 valence electrons. The van der Waals surface area contributed by atoms with Gasteiger partial charge in [0.25, 0.3) is 5.44 Å². The summed E-state index contributed by atoms with van der Waals surface area (Å²) in [5.74, 6) is -1.37. The second-order valence-corrected chi connectivity index (χ2v) is 8.52. The smallest absolute Gasteiger partial charge is 0.361 e. The predicted octanol–water partition coefficient (Wildman–Crippen LogP) is 3.78. The number of aryl methyl sites for hydroxylation is 1. The van der Waals surface area contributed by atoms with Crippen LogP contribution in [0, 0.1) is 6.92 Å². The summed E-state index contributed by atoms with van der Waals surface area (Å²) in [7, 11) is -4.24. The van der Waals surface area contributed by atoms with Crippen LogP contribution in [0.3, 0.4) is 0 Å². The number of carboxylic acid groups (broad SMARTS) is 1. The molecule has 0 aromatic heterocycles. The van der Waals surface area contributed by atoms with Crippen LogP contribution in [0.25, 0.3) is 0 Å². The van der Waals surface area contributed by atoms with Crippen molar-refractivity contribution in [3.8, 4) is 5.75 Å². The molecule has 5 nitrogen and oxygen atoms in total. The van der Waals surface area contributed by atoms with Gasteiger partial charge in [-0.15, -0.1) is 0 Å². The Morgan fingerprint density at radius 1 is 1.13 bits per heavy atom. The standard InChI is InChI=1S/C15H12Br2O5S/c1-9-4-2-3-5-13(9)22-15(14(18)19)23(20,21)12-7-10(16)6-11(17)8-12/h2-8,15H,1H3,(H,18,19). The van der Waals surface area contributed by atoms with Crippen molar-refractivity contribution in [3.63, 3.8) is 0 Å². The number of halogens is 2. The number of carbonyl (C=O) groups is 1. The number of hydrogen-bond donors (Lipinski definition) is 1. The summed E-state index contributed by atoms with van der Waals surface area (Å²) >= 11 is 6.37. The molecule has 2 aromatic carbocycles. The first-order chi connectivity index (χ1) is 10.7. The van der Waals surface area contributed by atoms with E-state index in [9.17, 15) is 18.3 Å². The molecular formula is C15H12Br2O5S. The van der Waals surface area contributed by atoms with Gasteiger partial charge in [0.15, 0.2) is 0 Å². The normalized spacial score (nSPS) is 12.7. The van der Waals surface area contributed by atoms with E-state index in [0.29, 0.717) is 14.5 Å². The molecule has 2 rings (SSSR count). The third-order valence-corrected chi connectivity index (χ3v) is 5.65. The molecule has 0 saturated carbocycles. The summed E-state index contributed by atoms with van der Waals surface area (Å²) in [6.45, 7) is 1.70. The minimum absolute atomic E-state index is 0.153. The molecule has 8 heteroatoms. The lowest BCUT2D eigenvalue weighted by atomic mass is 10.2. The number of para-hydroxylation sites is 1. The largest absolute Gasteiger partial charge is 0.478 e. The Kier molecular flexibility index (Phi) is 5.49. The van der Waals surface area contributed by atoms with E-state index in [1.54, 1.807) is 31.2 Å². The van der Waals surface area contributed by atoms with Gasteiger partial charge < -0.3 is 9.84 Å². The van der Waals surface area contributed by atoms with E-state index in [1.165, 1.54) is 18.2 Å². The quantitative estimate of drug-likeness (QED) is 0.729. The molecule has 0 radical (unpaired) electrons. The van der Waals surface area contributed by atoms with Crippen molar-refractivity contribution in [1.29, 1.82) is 0 Å². The first-order valence-electron chi connectivity index (χ1n) is 6.37. The van der Waals surface area contributed by atoms with Gasteiger partial charge in [0.05, 0.1) is 4.90 Å². The summed E-state index contributed by atoms with van der Waals surface area (Å²) in [6, 6.07) is 10.9. The minimum atomic E-state index is -4.24. The third kappa shape index (κ3) is 4.13. The number of sulfone groups is 1. The molecule has 0 spiro atoms. The van der Waals surface area contributed by atoms with E-state index in [2.05, 4.69) is 31.9 Å². The molecule has 2 aromatic rings. The van der Waals surface area contributed by atoms with Gasteiger partial charge in [0.1, 0.15) is 5.75 Å². The number of hydrogen-bond acceptors (Lipinski definition) is 4. The van der Waals surface area contributed by atoms with Crippen LogP contribution in [0.2, 0.25) is 0 Å². The fourth-order valence-electron chi connectivity index (χ4n) is 1.87. The van der Waals surface area contributed by atoms with Crippen LogP contribution in [0.4, 0.5) is 0 Å². The van der Waals surface area contributed by atoms with Gasteiger partial charge in [0, 0.05) is 8.95 Å². The van der Waals surface area contributed by atoms with Gasteiger partial charge in [-0.05, 0) is 36.8 Å². The molecule has 1 unspecified atom stereocenters. The van der Waals surface area contributed by atoms with Crippen molar-refractivity contribution in [2.24, 2.45) is 0 Å². The van der Waals surface area contributed by atoms with E-state index in [1.807, 2.05) is 0 Å². The van der Waals surface area contributed by atoms with Crippen molar-refractivity contribution < 1.29 is 23.1 Å². The zero-order valence-corrected chi connectivity index (χ0v) is 15.9. The topological polar surface area (TPSA) is 80.7 Å². The number of rotatable bonds is 5. The zero-order chi connectivity index (χ0) is 17.2. The van der Waals surface area contributed by atoms with Crippen molar-refractivity contribution in [2.75, 3.05) is 0 Å². The Balaban J connectivity index is 2.48. The highest BCUT2D eigenvalue weighted by Crippen LogP contribution is 2.28. The molecule has 0 aliphatic rings. The van der Waals surface area contributed by atoms with Crippen LogP contribution in [0.1, 0.15) is 5.56 Å². The Morgan fingerprint density at radius 3 is 2.22 bits per heavy atom. The van der Waals surface area contributed by atoms with Crippen LogP contribution in [-0.2, 0) is 14.6 Å². The molecule has 0 fully saturated rings. The summed E-state index contributed by atoms with van der Waals surface area (Å²) in [6.07, 6.45) is 0. The number of ether oxygens (including phenoxy) is 1. The van der Waals surface area contributed by atoms with Crippen molar-refractivity contribution in [1.82, 2.24) is 0 Å². The fourth-order valence-corrected chi connectivity index (χ4v) is 4.79. The van der Waals surface area contributed by atoms with Crippen molar-refractivity contribution in [3.05, 3.63) is 57.0 Å². The van der Waals surface area contributed by atoms with E-state index in [-0.39, 0.29) is 10.6 Å². The van der Waals surface area contributed by atoms with Crippen molar-refractivity contribution >= 4 is 47.7 Å². The Morgan fingerprint density at radius 2 is 1.70 bits per heavy atom. The molecule has 0 heterocycles. The molecule has 1 N–H and O–H groups in total. The third-order valence-electron chi connectivity index (χ3n) is 2.98. The Labute approximate surface area is 150 Å². The average Bonchev–Trinajstić information content (AvgIpc) is 2.44. The van der Waals surface area contributed by atoms with Gasteiger partial charge >= 0.3 is 5.97 Å². The maximum atomic E-state index is 12.6. The second kappa shape index (κ2) is 7.02. The number of carboxylic acids is 1. The summed E-state index contributed by atoms with van der Waals surface area (Å²) in [5, 5.41) is 9.33. The second-order valence-electron chi connectivity index (χ2n) is 4.70. The molecule has 0 bridgehead atoms. The first kappa shape index (κ1) is 18.0. The van der Waals surface area contributed by atoms with E-state index in [0.717, 1.165) is 0 Å². The molecular weight excluding hydrogens is 452 g/mol. The highest BCUT2D eigenvalue weighted by molar-refractivity contribution is 9.11. The molecule has 0 aliphatic heterocycles. The zero-order valence-electron chi connectivity index (χ0n) is 11.9. The molecule has 0 saturated heterocycles. The van der Waals surface area contributed by atoms with Crippen LogP contribution >= 0.6 is 31.9 Å². The van der Waals surface area contributed by atoms with Crippen LogP contribution in [0.5, 0.6) is 5.75 Å². The number of benzene rings is 2. The molecule has 1 atom stereocenters. The Hall–Kier alpha value is -1.38. The van der Waals surface area contributed by atoms with E-state index >= 15 is 0 Å². The van der Waals surface area contributed by atoms with Gasteiger partial charge in [-0.1, -0.05) is 50.1 Å². The lowest BCUT2D eigenvalue weighted by molar-refractivity contribution is -0.141. The maximum Gasteiger partial charge on any atom is 0.361 e. The van der Waals surface area contributed by atoms with E-state index in [4.69, 9.17) is 4.74 Å². The summed E-state index contributed by atoms with van der Waals surface area (Å²) in [5.41, 5.74) is -1.39. The molecule has 23 heavy (non-hydrogen) atoms. The van der Waals surface area contributed by atoms with Gasteiger partial charge in [0.2, 0.25) is 9.84 Å². The summed E-state index contributed by atoms with van der Waals surface area (Å²) in [4.78, 5) is 11.3. The van der Waals surface area contributed by atoms with Gasteiger partial charge in [-0.3, -0.25) is 0 Å². The van der Waals surface area contributed by atoms with E-state index < -0.39 is 21.2 Å². The Bertz CT molecular complexity index is 828. The highest BCUT2D eigenvalue weighted by atomic mass is 79.9. The first-order valence-corrected chi connectivity index (χ1v) is 9.50. The monoisotopic (exact) mass is 462 g/mol. The average molecular weight is 464 g/mol. The SMILES string of the molecule is Cc1ccccc1OC(C(=O)O)S(=O)(=O)c1cc(Br)cc(Br)c1. The molecule has 0 aliphatic carbocycles.